The van der Waals surface area contributed by atoms with Gasteiger partial charge in [-0.15, -0.1) is 11.3 Å². The number of thiophene rings is 1. The topological polar surface area (TPSA) is 49.4 Å². The van der Waals surface area contributed by atoms with Crippen molar-refractivity contribution in [1.29, 1.82) is 0 Å². The summed E-state index contributed by atoms with van der Waals surface area (Å²) < 4.78 is 0. The monoisotopic (exact) mass is 364 g/mol. The summed E-state index contributed by atoms with van der Waals surface area (Å²) in [6.45, 7) is 9.54. The Kier molecular flexibility index (Phi) is 7.05. The van der Waals surface area contributed by atoms with Gasteiger partial charge in [-0.2, -0.15) is 0 Å². The summed E-state index contributed by atoms with van der Waals surface area (Å²) in [5.41, 5.74) is 0.765. The number of nitrogens with one attached hydrogen (secondary N) is 1. The Hall–Kier alpha value is -1.36. The maximum absolute atomic E-state index is 12.6. The number of rotatable bonds is 6. The van der Waals surface area contributed by atoms with Gasteiger partial charge < -0.3 is 10.2 Å². The highest BCUT2D eigenvalue weighted by atomic mass is 32.1. The first kappa shape index (κ1) is 20.0. The number of carbonyl (C=O) groups excluding carboxylic acids is 2. The fourth-order valence-electron chi connectivity index (χ4n) is 3.36. The molecule has 1 heterocycles. The first-order valence-corrected chi connectivity index (χ1v) is 10.4. The molecule has 2 rings (SSSR count). The molecule has 1 aromatic heterocycles. The molecule has 0 fully saturated rings. The molecule has 1 aliphatic rings. The van der Waals surface area contributed by atoms with E-state index in [0.29, 0.717) is 19.6 Å². The van der Waals surface area contributed by atoms with E-state index in [4.69, 9.17) is 0 Å². The van der Waals surface area contributed by atoms with E-state index < -0.39 is 5.41 Å². The predicted molar refractivity (Wildman–Crippen MR) is 104 cm³/mol. The minimum atomic E-state index is -0.590. The van der Waals surface area contributed by atoms with E-state index in [1.54, 1.807) is 11.3 Å². The normalized spacial score (nSPS) is 15.0. The lowest BCUT2D eigenvalue weighted by Crippen LogP contribution is -2.46. The van der Waals surface area contributed by atoms with Crippen LogP contribution in [0.4, 0.5) is 0 Å². The summed E-state index contributed by atoms with van der Waals surface area (Å²) in [6, 6.07) is 2.07. The zero-order valence-electron chi connectivity index (χ0n) is 16.1. The lowest BCUT2D eigenvalue weighted by atomic mass is 9.91. The number of amides is 2. The van der Waals surface area contributed by atoms with E-state index in [1.807, 2.05) is 32.6 Å². The molecule has 0 saturated heterocycles. The smallest absolute Gasteiger partial charge is 0.261 e. The van der Waals surface area contributed by atoms with Gasteiger partial charge in [0.05, 0.1) is 10.3 Å². The van der Waals surface area contributed by atoms with Crippen LogP contribution in [0.5, 0.6) is 0 Å². The van der Waals surface area contributed by atoms with Crippen LogP contribution >= 0.6 is 11.3 Å². The average Bonchev–Trinajstić information content (AvgIpc) is 2.96. The van der Waals surface area contributed by atoms with Crippen molar-refractivity contribution in [3.05, 3.63) is 21.4 Å². The van der Waals surface area contributed by atoms with Crippen LogP contribution in [0.25, 0.3) is 0 Å². The molecule has 5 heteroatoms. The van der Waals surface area contributed by atoms with Crippen molar-refractivity contribution in [2.45, 2.75) is 66.2 Å². The van der Waals surface area contributed by atoms with Gasteiger partial charge in [-0.25, -0.2) is 0 Å². The quantitative estimate of drug-likeness (QED) is 0.828. The second-order valence-electron chi connectivity index (χ2n) is 7.52. The molecule has 0 spiro atoms. The first-order chi connectivity index (χ1) is 11.9. The molecule has 0 unspecified atom stereocenters. The molecule has 2 amide bonds. The SMILES string of the molecule is CCN(CC)C(=O)C(C)(C)CNC(=O)c1cc2c(s1)CCCCCC2. The Bertz CT molecular complexity index is 577. The van der Waals surface area contributed by atoms with Crippen molar-refractivity contribution < 1.29 is 9.59 Å². The molecule has 0 aliphatic heterocycles. The van der Waals surface area contributed by atoms with Crippen LogP contribution in [0.15, 0.2) is 6.07 Å². The summed E-state index contributed by atoms with van der Waals surface area (Å²) in [5.74, 6) is 0.0495. The minimum Gasteiger partial charge on any atom is -0.350 e. The Morgan fingerprint density at radius 1 is 1.12 bits per heavy atom. The summed E-state index contributed by atoms with van der Waals surface area (Å²) in [7, 11) is 0. The van der Waals surface area contributed by atoms with E-state index in [-0.39, 0.29) is 11.8 Å². The van der Waals surface area contributed by atoms with Gasteiger partial charge in [0.25, 0.3) is 5.91 Å². The molecule has 140 valence electrons. The molecule has 1 aliphatic carbocycles. The zero-order chi connectivity index (χ0) is 18.4. The van der Waals surface area contributed by atoms with E-state index in [1.165, 1.54) is 36.1 Å². The van der Waals surface area contributed by atoms with Gasteiger partial charge in [-0.1, -0.05) is 12.8 Å². The molecular weight excluding hydrogens is 332 g/mol. The summed E-state index contributed by atoms with van der Waals surface area (Å²) in [4.78, 5) is 29.2. The molecule has 1 N–H and O–H groups in total. The zero-order valence-corrected chi connectivity index (χ0v) is 16.9. The van der Waals surface area contributed by atoms with E-state index >= 15 is 0 Å². The second kappa shape index (κ2) is 8.84. The van der Waals surface area contributed by atoms with E-state index in [2.05, 4.69) is 11.4 Å². The number of nitrogens with zero attached hydrogens (tertiary/aromatic N) is 1. The van der Waals surface area contributed by atoms with Gasteiger partial charge in [0.2, 0.25) is 5.91 Å². The van der Waals surface area contributed by atoms with Crippen LogP contribution in [0.1, 0.15) is 73.5 Å². The number of carbonyl (C=O) groups is 2. The fourth-order valence-corrected chi connectivity index (χ4v) is 4.53. The second-order valence-corrected chi connectivity index (χ2v) is 8.65. The average molecular weight is 365 g/mol. The molecule has 1 aromatic rings. The summed E-state index contributed by atoms with van der Waals surface area (Å²) in [6.07, 6.45) is 7.21. The van der Waals surface area contributed by atoms with Crippen LogP contribution in [-0.4, -0.2) is 36.3 Å². The van der Waals surface area contributed by atoms with Crippen LogP contribution in [0, 0.1) is 5.41 Å². The number of hydrogen-bond acceptors (Lipinski definition) is 3. The first-order valence-electron chi connectivity index (χ1n) is 9.58. The third kappa shape index (κ3) is 5.06. The van der Waals surface area contributed by atoms with Gasteiger partial charge in [-0.05, 0) is 65.0 Å². The molecule has 0 radical (unpaired) electrons. The highest BCUT2D eigenvalue weighted by molar-refractivity contribution is 7.14. The van der Waals surface area contributed by atoms with E-state index in [0.717, 1.165) is 17.7 Å². The largest absolute Gasteiger partial charge is 0.350 e. The van der Waals surface area contributed by atoms with Crippen LogP contribution in [0.2, 0.25) is 0 Å². The maximum Gasteiger partial charge on any atom is 0.261 e. The summed E-state index contributed by atoms with van der Waals surface area (Å²) >= 11 is 1.63. The van der Waals surface area contributed by atoms with Crippen molar-refractivity contribution >= 4 is 23.2 Å². The van der Waals surface area contributed by atoms with Crippen LogP contribution < -0.4 is 5.32 Å². The Balaban J connectivity index is 2.00. The Morgan fingerprint density at radius 2 is 1.76 bits per heavy atom. The molecular formula is C20H32N2O2S. The molecule has 0 aromatic carbocycles. The Morgan fingerprint density at radius 3 is 2.40 bits per heavy atom. The van der Waals surface area contributed by atoms with Crippen molar-refractivity contribution in [3.8, 4) is 0 Å². The van der Waals surface area contributed by atoms with Gasteiger partial charge in [0.15, 0.2) is 0 Å². The van der Waals surface area contributed by atoms with Crippen molar-refractivity contribution in [2.75, 3.05) is 19.6 Å². The number of aryl methyl sites for hydroxylation is 2. The number of fused-ring (bicyclic) bond motifs is 1. The maximum atomic E-state index is 12.6. The highest BCUT2D eigenvalue weighted by Crippen LogP contribution is 2.28. The predicted octanol–water partition coefficient (Wildman–Crippen LogP) is 4.03. The number of hydrogen-bond donors (Lipinski definition) is 1. The van der Waals surface area contributed by atoms with Gasteiger partial charge in [0.1, 0.15) is 0 Å². The third-order valence-corrected chi connectivity index (χ3v) is 6.28. The lowest BCUT2D eigenvalue weighted by Gasteiger charge is -2.30. The van der Waals surface area contributed by atoms with Gasteiger partial charge in [-0.3, -0.25) is 9.59 Å². The van der Waals surface area contributed by atoms with Crippen LogP contribution in [0.3, 0.4) is 0 Å². The standard InChI is InChI=1S/C20H32N2O2S/c1-5-22(6-2)19(24)20(3,4)14-21-18(23)17-13-15-11-9-7-8-10-12-16(15)25-17/h13H,5-12,14H2,1-4H3,(H,21,23). The minimum absolute atomic E-state index is 0.0443. The van der Waals surface area contributed by atoms with Crippen molar-refractivity contribution in [3.63, 3.8) is 0 Å². The van der Waals surface area contributed by atoms with Crippen molar-refractivity contribution in [1.82, 2.24) is 10.2 Å². The van der Waals surface area contributed by atoms with E-state index in [9.17, 15) is 9.59 Å². The molecule has 25 heavy (non-hydrogen) atoms. The molecule has 0 bridgehead atoms. The highest BCUT2D eigenvalue weighted by Gasteiger charge is 2.31. The Labute approximate surface area is 156 Å². The molecule has 4 nitrogen and oxygen atoms in total. The third-order valence-electron chi connectivity index (χ3n) is 5.04. The molecule has 0 saturated carbocycles. The van der Waals surface area contributed by atoms with Gasteiger partial charge >= 0.3 is 0 Å². The molecule has 0 atom stereocenters. The summed E-state index contributed by atoms with van der Waals surface area (Å²) in [5, 5.41) is 2.99. The van der Waals surface area contributed by atoms with Crippen molar-refractivity contribution in [2.24, 2.45) is 5.41 Å². The van der Waals surface area contributed by atoms with Crippen LogP contribution in [-0.2, 0) is 17.6 Å². The van der Waals surface area contributed by atoms with Gasteiger partial charge in [0, 0.05) is 24.5 Å². The lowest BCUT2D eigenvalue weighted by molar-refractivity contribution is -0.139. The fraction of sp³-hybridized carbons (Fsp3) is 0.700.